The number of anilines is 1. The van der Waals surface area contributed by atoms with E-state index in [1.807, 2.05) is 6.92 Å². The number of carbonyl (C=O) groups is 1. The molecule has 2 aromatic rings. The SMILES string of the molecule is CCCCNC(=O)c1cc2n(n1)[C@H](C(F)(F)F)C[C@@H](c1ccc3c(c1)OCO3)N2. The third-order valence-electron chi connectivity index (χ3n) is 5.04. The van der Waals surface area contributed by atoms with E-state index in [4.69, 9.17) is 9.47 Å². The van der Waals surface area contributed by atoms with Gasteiger partial charge in [0.05, 0.1) is 6.04 Å². The molecule has 0 spiro atoms. The van der Waals surface area contributed by atoms with Crippen molar-refractivity contribution in [3.8, 4) is 11.5 Å². The summed E-state index contributed by atoms with van der Waals surface area (Å²) >= 11 is 0. The van der Waals surface area contributed by atoms with Crippen molar-refractivity contribution in [2.24, 2.45) is 0 Å². The molecule has 0 fully saturated rings. The number of alkyl halides is 3. The normalized spacial score (nSPS) is 20.1. The van der Waals surface area contributed by atoms with Crippen molar-refractivity contribution in [3.05, 3.63) is 35.5 Å². The molecule has 1 aromatic carbocycles. The summed E-state index contributed by atoms with van der Waals surface area (Å²) in [5.74, 6) is 0.737. The molecule has 2 N–H and O–H groups in total. The highest BCUT2D eigenvalue weighted by Gasteiger charge is 2.47. The Hall–Kier alpha value is -2.91. The number of ether oxygens (including phenoxy) is 2. The van der Waals surface area contributed by atoms with Gasteiger partial charge in [0.25, 0.3) is 5.91 Å². The predicted molar refractivity (Wildman–Crippen MR) is 98.1 cm³/mol. The lowest BCUT2D eigenvalue weighted by Crippen LogP contribution is -2.35. The van der Waals surface area contributed by atoms with Gasteiger partial charge >= 0.3 is 6.18 Å². The first-order valence-corrected chi connectivity index (χ1v) is 9.47. The Morgan fingerprint density at radius 2 is 2.10 bits per heavy atom. The molecule has 0 saturated heterocycles. The van der Waals surface area contributed by atoms with Gasteiger partial charge in [-0.25, -0.2) is 4.68 Å². The van der Waals surface area contributed by atoms with E-state index in [-0.39, 0.29) is 24.7 Å². The number of aromatic nitrogens is 2. The topological polar surface area (TPSA) is 77.4 Å². The summed E-state index contributed by atoms with van der Waals surface area (Å²) in [7, 11) is 0. The number of fused-ring (bicyclic) bond motifs is 2. The number of rotatable bonds is 5. The van der Waals surface area contributed by atoms with Gasteiger partial charge in [-0.15, -0.1) is 0 Å². The zero-order chi connectivity index (χ0) is 20.6. The van der Waals surface area contributed by atoms with Crippen LogP contribution in [0, 0.1) is 0 Å². The molecular weight excluding hydrogens is 389 g/mol. The van der Waals surface area contributed by atoms with E-state index in [0.29, 0.717) is 23.6 Å². The van der Waals surface area contributed by atoms with Gasteiger partial charge in [-0.3, -0.25) is 4.79 Å². The summed E-state index contributed by atoms with van der Waals surface area (Å²) in [4.78, 5) is 12.2. The van der Waals surface area contributed by atoms with Crippen molar-refractivity contribution in [3.63, 3.8) is 0 Å². The van der Waals surface area contributed by atoms with Crippen molar-refractivity contribution in [1.82, 2.24) is 15.1 Å². The first-order valence-electron chi connectivity index (χ1n) is 9.47. The Morgan fingerprint density at radius 1 is 1.31 bits per heavy atom. The maximum Gasteiger partial charge on any atom is 0.410 e. The van der Waals surface area contributed by atoms with Crippen LogP contribution in [0.25, 0.3) is 0 Å². The van der Waals surface area contributed by atoms with Crippen LogP contribution in [0.4, 0.5) is 19.0 Å². The van der Waals surface area contributed by atoms with Crippen LogP contribution >= 0.6 is 0 Å². The summed E-state index contributed by atoms with van der Waals surface area (Å²) in [5.41, 5.74) is 0.606. The molecule has 7 nitrogen and oxygen atoms in total. The molecule has 10 heteroatoms. The van der Waals surface area contributed by atoms with Crippen LogP contribution in [0.2, 0.25) is 0 Å². The maximum absolute atomic E-state index is 13.8. The van der Waals surface area contributed by atoms with E-state index in [9.17, 15) is 18.0 Å². The van der Waals surface area contributed by atoms with Crippen LogP contribution in [0.5, 0.6) is 11.5 Å². The first kappa shape index (κ1) is 19.4. The van der Waals surface area contributed by atoms with Crippen LogP contribution in [0.3, 0.4) is 0 Å². The molecular formula is C19H21F3N4O3. The fourth-order valence-electron chi connectivity index (χ4n) is 3.50. The van der Waals surface area contributed by atoms with Gasteiger partial charge in [0, 0.05) is 19.0 Å². The zero-order valence-electron chi connectivity index (χ0n) is 15.8. The van der Waals surface area contributed by atoms with Gasteiger partial charge < -0.3 is 20.1 Å². The molecule has 156 valence electrons. The van der Waals surface area contributed by atoms with E-state index in [0.717, 1.165) is 17.5 Å². The number of amides is 1. The van der Waals surface area contributed by atoms with Crippen molar-refractivity contribution in [1.29, 1.82) is 0 Å². The number of hydrogen-bond acceptors (Lipinski definition) is 5. The van der Waals surface area contributed by atoms with Crippen molar-refractivity contribution in [2.45, 2.75) is 44.4 Å². The second-order valence-corrected chi connectivity index (χ2v) is 7.07. The first-order chi connectivity index (χ1) is 13.9. The fraction of sp³-hybridized carbons (Fsp3) is 0.474. The monoisotopic (exact) mass is 410 g/mol. The number of carbonyl (C=O) groups excluding carboxylic acids is 1. The Bertz CT molecular complexity index is 913. The second kappa shape index (κ2) is 7.49. The molecule has 3 heterocycles. The minimum Gasteiger partial charge on any atom is -0.454 e. The van der Waals surface area contributed by atoms with Crippen LogP contribution in [0.15, 0.2) is 24.3 Å². The van der Waals surface area contributed by atoms with E-state index >= 15 is 0 Å². The molecule has 1 aromatic heterocycles. The fourth-order valence-corrected chi connectivity index (χ4v) is 3.50. The van der Waals surface area contributed by atoms with Gasteiger partial charge in [-0.05, 0) is 24.1 Å². The quantitative estimate of drug-likeness (QED) is 0.734. The standard InChI is InChI=1S/C19H21F3N4O3/c1-2-3-6-23-18(27)13-9-17-24-12(8-16(19(20,21)22)26(17)25-13)11-4-5-14-15(7-11)29-10-28-14/h4-5,7,9,12,16,24H,2-3,6,8,10H2,1H3,(H,23,27)/t12-,16-/m0/s1. The smallest absolute Gasteiger partial charge is 0.410 e. The lowest BCUT2D eigenvalue weighted by molar-refractivity contribution is -0.173. The van der Waals surface area contributed by atoms with Gasteiger partial charge in [-0.1, -0.05) is 19.4 Å². The molecule has 0 radical (unpaired) electrons. The third kappa shape index (κ3) is 3.83. The van der Waals surface area contributed by atoms with Crippen molar-refractivity contribution in [2.75, 3.05) is 18.7 Å². The molecule has 0 unspecified atom stereocenters. The highest BCUT2D eigenvalue weighted by Crippen LogP contribution is 2.45. The van der Waals surface area contributed by atoms with Crippen LogP contribution in [-0.2, 0) is 0 Å². The minimum atomic E-state index is -4.51. The highest BCUT2D eigenvalue weighted by atomic mass is 19.4. The molecule has 2 aliphatic heterocycles. The van der Waals surface area contributed by atoms with Gasteiger partial charge in [0.1, 0.15) is 5.82 Å². The average Bonchev–Trinajstić information content (AvgIpc) is 3.32. The Balaban J connectivity index is 1.62. The van der Waals surface area contributed by atoms with Gasteiger partial charge in [-0.2, -0.15) is 18.3 Å². The van der Waals surface area contributed by atoms with Gasteiger partial charge in [0.15, 0.2) is 23.2 Å². The summed E-state index contributed by atoms with van der Waals surface area (Å²) < 4.78 is 52.7. The second-order valence-electron chi connectivity index (χ2n) is 7.07. The summed E-state index contributed by atoms with van der Waals surface area (Å²) in [6, 6.07) is 3.98. The number of nitrogens with one attached hydrogen (secondary N) is 2. The highest BCUT2D eigenvalue weighted by molar-refractivity contribution is 5.93. The molecule has 0 aliphatic carbocycles. The Kier molecular flexibility index (Phi) is 5.01. The predicted octanol–water partition coefficient (Wildman–Crippen LogP) is 3.80. The van der Waals surface area contributed by atoms with E-state index in [1.54, 1.807) is 18.2 Å². The lowest BCUT2D eigenvalue weighted by Gasteiger charge is -2.33. The van der Waals surface area contributed by atoms with E-state index < -0.39 is 24.2 Å². The maximum atomic E-state index is 13.8. The van der Waals surface area contributed by atoms with E-state index in [2.05, 4.69) is 15.7 Å². The molecule has 0 bridgehead atoms. The number of unbranched alkanes of at least 4 members (excludes halogenated alkanes) is 1. The molecule has 0 saturated carbocycles. The van der Waals surface area contributed by atoms with Crippen molar-refractivity contribution >= 4 is 11.7 Å². The summed E-state index contributed by atoms with van der Waals surface area (Å²) in [6.45, 7) is 2.52. The van der Waals surface area contributed by atoms with Crippen LogP contribution < -0.4 is 20.1 Å². The Labute approximate surface area is 165 Å². The molecule has 2 atom stereocenters. The van der Waals surface area contributed by atoms with E-state index in [1.165, 1.54) is 6.07 Å². The van der Waals surface area contributed by atoms with Crippen molar-refractivity contribution < 1.29 is 27.4 Å². The molecule has 4 rings (SSSR count). The number of benzene rings is 1. The summed E-state index contributed by atoms with van der Waals surface area (Å²) in [5, 5.41) is 9.69. The summed E-state index contributed by atoms with van der Waals surface area (Å²) in [6.07, 6.45) is -3.08. The number of halogens is 3. The largest absolute Gasteiger partial charge is 0.454 e. The van der Waals surface area contributed by atoms with Gasteiger partial charge in [0.2, 0.25) is 6.79 Å². The number of nitrogens with zero attached hydrogens (tertiary/aromatic N) is 2. The van der Waals surface area contributed by atoms with Crippen LogP contribution in [-0.4, -0.2) is 35.2 Å². The third-order valence-corrected chi connectivity index (χ3v) is 5.04. The molecule has 29 heavy (non-hydrogen) atoms. The van der Waals surface area contributed by atoms with Crippen LogP contribution in [0.1, 0.15) is 54.3 Å². The lowest BCUT2D eigenvalue weighted by atomic mass is 9.96. The molecule has 2 aliphatic rings. The average molecular weight is 410 g/mol. The molecule has 1 amide bonds. The number of hydrogen-bond donors (Lipinski definition) is 2. The minimum absolute atomic E-state index is 0.0378. The Morgan fingerprint density at radius 3 is 2.86 bits per heavy atom. The zero-order valence-corrected chi connectivity index (χ0v) is 15.8.